The summed E-state index contributed by atoms with van der Waals surface area (Å²) in [4.78, 5) is 44.1. The van der Waals surface area contributed by atoms with Crippen molar-refractivity contribution in [1.29, 1.82) is 0 Å². The molecule has 0 aliphatic rings. The van der Waals surface area contributed by atoms with Crippen LogP contribution >= 0.6 is 11.3 Å². The minimum atomic E-state index is -0.734. The van der Waals surface area contributed by atoms with Crippen molar-refractivity contribution in [2.24, 2.45) is 0 Å². The lowest BCUT2D eigenvalue weighted by Gasteiger charge is -2.17. The summed E-state index contributed by atoms with van der Waals surface area (Å²) in [5.74, 6) is -0.804. The predicted molar refractivity (Wildman–Crippen MR) is 129 cm³/mol. The van der Waals surface area contributed by atoms with E-state index in [1.165, 1.54) is 10.9 Å². The quantitative estimate of drug-likeness (QED) is 0.403. The minimum absolute atomic E-state index is 0.141. The molecule has 0 saturated carbocycles. The molecule has 0 aliphatic carbocycles. The van der Waals surface area contributed by atoms with Gasteiger partial charge in [0.2, 0.25) is 5.91 Å². The number of nitrogens with zero attached hydrogens (tertiary/aromatic N) is 2. The zero-order valence-electron chi connectivity index (χ0n) is 18.3. The number of carbonyl (C=O) groups excluding carboxylic acids is 2. The van der Waals surface area contributed by atoms with E-state index in [1.54, 1.807) is 19.1 Å². The van der Waals surface area contributed by atoms with Crippen LogP contribution in [0.1, 0.15) is 40.2 Å². The summed E-state index contributed by atoms with van der Waals surface area (Å²) in [5, 5.41) is 3.17. The monoisotopic (exact) mass is 461 g/mol. The van der Waals surface area contributed by atoms with Crippen molar-refractivity contribution in [3.05, 3.63) is 93.3 Å². The molecule has 168 valence electrons. The number of benzene rings is 2. The molecule has 8 heteroatoms. The second-order valence-electron chi connectivity index (χ2n) is 7.53. The lowest BCUT2D eigenvalue weighted by atomic mass is 10.1. The molecule has 4 rings (SSSR count). The molecule has 1 unspecified atom stereocenters. The van der Waals surface area contributed by atoms with Gasteiger partial charge in [-0.25, -0.2) is 9.78 Å². The van der Waals surface area contributed by atoms with E-state index in [4.69, 9.17) is 4.74 Å². The Hall–Kier alpha value is -3.78. The van der Waals surface area contributed by atoms with Gasteiger partial charge < -0.3 is 10.1 Å². The summed E-state index contributed by atoms with van der Waals surface area (Å²) < 4.78 is 6.77. The van der Waals surface area contributed by atoms with Gasteiger partial charge in [-0.15, -0.1) is 11.3 Å². The largest absolute Gasteiger partial charge is 0.457 e. The number of amides is 1. The second-order valence-corrected chi connectivity index (χ2v) is 8.53. The van der Waals surface area contributed by atoms with Gasteiger partial charge in [0, 0.05) is 5.69 Å². The Balaban J connectivity index is 1.61. The zero-order valence-corrected chi connectivity index (χ0v) is 19.1. The highest BCUT2D eigenvalue weighted by molar-refractivity contribution is 7.20. The number of aryl methyl sites for hydroxylation is 1. The van der Waals surface area contributed by atoms with Crippen LogP contribution < -0.4 is 10.9 Å². The SMILES string of the molecule is CCC(C(=O)Nc1ccccc1)n1cnc2sc(C(=O)OCc3ccccc3)c(C)c2c1=O. The fourth-order valence-electron chi connectivity index (χ4n) is 3.60. The zero-order chi connectivity index (χ0) is 23.4. The first kappa shape index (κ1) is 22.4. The Morgan fingerprint density at radius 3 is 2.42 bits per heavy atom. The highest BCUT2D eigenvalue weighted by atomic mass is 32.1. The Labute approximate surface area is 194 Å². The first-order valence-corrected chi connectivity index (χ1v) is 11.4. The maximum absolute atomic E-state index is 13.3. The van der Waals surface area contributed by atoms with Crippen molar-refractivity contribution >= 4 is 39.1 Å². The Kier molecular flexibility index (Phi) is 6.65. The summed E-state index contributed by atoms with van der Waals surface area (Å²) in [5.41, 5.74) is 1.68. The van der Waals surface area contributed by atoms with Crippen LogP contribution in [0.15, 0.2) is 71.8 Å². The molecule has 0 saturated heterocycles. The van der Waals surface area contributed by atoms with Gasteiger partial charge in [0.05, 0.1) is 11.7 Å². The van der Waals surface area contributed by atoms with Crippen molar-refractivity contribution < 1.29 is 14.3 Å². The van der Waals surface area contributed by atoms with Crippen molar-refractivity contribution in [3.63, 3.8) is 0 Å². The van der Waals surface area contributed by atoms with E-state index in [-0.39, 0.29) is 18.1 Å². The summed E-state index contributed by atoms with van der Waals surface area (Å²) in [6.07, 6.45) is 1.78. The Bertz CT molecular complexity index is 1350. The van der Waals surface area contributed by atoms with E-state index in [1.807, 2.05) is 55.5 Å². The molecule has 4 aromatic rings. The number of esters is 1. The molecule has 0 fully saturated rings. The third-order valence-electron chi connectivity index (χ3n) is 5.34. The van der Waals surface area contributed by atoms with Crippen LogP contribution in [0.4, 0.5) is 5.69 Å². The molecular formula is C25H23N3O4S. The van der Waals surface area contributed by atoms with Crippen molar-refractivity contribution in [1.82, 2.24) is 9.55 Å². The number of hydrogen-bond donors (Lipinski definition) is 1. The van der Waals surface area contributed by atoms with E-state index in [0.29, 0.717) is 32.8 Å². The van der Waals surface area contributed by atoms with Crippen LogP contribution in [0.3, 0.4) is 0 Å². The standard InChI is InChI=1S/C25H23N3O4S/c1-3-19(22(29)27-18-12-8-5-9-13-18)28-15-26-23-20(24(28)30)16(2)21(33-23)25(31)32-14-17-10-6-4-7-11-17/h4-13,15,19H,3,14H2,1-2H3,(H,27,29). The average Bonchev–Trinajstić information content (AvgIpc) is 3.18. The van der Waals surface area contributed by atoms with Crippen LogP contribution in [0.25, 0.3) is 10.2 Å². The summed E-state index contributed by atoms with van der Waals surface area (Å²) in [7, 11) is 0. The van der Waals surface area contributed by atoms with E-state index in [0.717, 1.165) is 16.9 Å². The number of thiophene rings is 1. The Morgan fingerprint density at radius 2 is 1.76 bits per heavy atom. The number of rotatable bonds is 7. The van der Waals surface area contributed by atoms with Crippen LogP contribution in [-0.2, 0) is 16.1 Å². The first-order valence-electron chi connectivity index (χ1n) is 10.6. The van der Waals surface area contributed by atoms with Crippen LogP contribution in [0.5, 0.6) is 0 Å². The lowest BCUT2D eigenvalue weighted by Crippen LogP contribution is -2.33. The number of ether oxygens (including phenoxy) is 1. The number of anilines is 1. The van der Waals surface area contributed by atoms with Crippen LogP contribution in [0.2, 0.25) is 0 Å². The van der Waals surface area contributed by atoms with Gasteiger partial charge >= 0.3 is 5.97 Å². The molecule has 1 amide bonds. The van der Waals surface area contributed by atoms with Gasteiger partial charge in [-0.3, -0.25) is 14.2 Å². The highest BCUT2D eigenvalue weighted by Gasteiger charge is 2.25. The average molecular weight is 462 g/mol. The minimum Gasteiger partial charge on any atom is -0.457 e. The lowest BCUT2D eigenvalue weighted by molar-refractivity contribution is -0.119. The molecule has 1 N–H and O–H groups in total. The molecular weight excluding hydrogens is 438 g/mol. The molecule has 0 radical (unpaired) electrons. The highest BCUT2D eigenvalue weighted by Crippen LogP contribution is 2.28. The third kappa shape index (κ3) is 4.70. The van der Waals surface area contributed by atoms with Gasteiger partial charge in [0.1, 0.15) is 22.4 Å². The molecule has 2 aromatic heterocycles. The molecule has 0 bridgehead atoms. The molecule has 2 aromatic carbocycles. The maximum atomic E-state index is 13.3. The fraction of sp³-hybridized carbons (Fsp3) is 0.200. The summed E-state index contributed by atoms with van der Waals surface area (Å²) in [6, 6.07) is 17.7. The van der Waals surface area contributed by atoms with Crippen LogP contribution in [0, 0.1) is 6.92 Å². The normalized spacial score (nSPS) is 11.8. The molecule has 7 nitrogen and oxygen atoms in total. The van der Waals surface area contributed by atoms with E-state index in [2.05, 4.69) is 10.3 Å². The number of carbonyl (C=O) groups is 2. The van der Waals surface area contributed by atoms with Gasteiger partial charge in [-0.2, -0.15) is 0 Å². The predicted octanol–water partition coefficient (Wildman–Crippen LogP) is 4.71. The van der Waals surface area contributed by atoms with Crippen LogP contribution in [-0.4, -0.2) is 21.4 Å². The van der Waals surface area contributed by atoms with E-state index in [9.17, 15) is 14.4 Å². The van der Waals surface area contributed by atoms with Crippen molar-refractivity contribution in [3.8, 4) is 0 Å². The van der Waals surface area contributed by atoms with Crippen molar-refractivity contribution in [2.75, 3.05) is 5.32 Å². The summed E-state index contributed by atoms with van der Waals surface area (Å²) >= 11 is 1.12. The topological polar surface area (TPSA) is 90.3 Å². The number of aromatic nitrogens is 2. The van der Waals surface area contributed by atoms with E-state index >= 15 is 0 Å². The summed E-state index contributed by atoms with van der Waals surface area (Å²) in [6.45, 7) is 3.68. The maximum Gasteiger partial charge on any atom is 0.349 e. The van der Waals surface area contributed by atoms with Gasteiger partial charge in [0.25, 0.3) is 5.56 Å². The number of hydrogen-bond acceptors (Lipinski definition) is 6. The van der Waals surface area contributed by atoms with Gasteiger partial charge in [0.15, 0.2) is 0 Å². The number of nitrogens with one attached hydrogen (secondary N) is 1. The van der Waals surface area contributed by atoms with Gasteiger partial charge in [-0.05, 0) is 36.6 Å². The molecule has 0 spiro atoms. The number of fused-ring (bicyclic) bond motifs is 1. The molecule has 0 aliphatic heterocycles. The molecule has 33 heavy (non-hydrogen) atoms. The Morgan fingerprint density at radius 1 is 1.09 bits per heavy atom. The van der Waals surface area contributed by atoms with E-state index < -0.39 is 12.0 Å². The fourth-order valence-corrected chi connectivity index (χ4v) is 4.63. The second kappa shape index (κ2) is 9.79. The molecule has 1 atom stereocenters. The van der Waals surface area contributed by atoms with Gasteiger partial charge in [-0.1, -0.05) is 55.5 Å². The first-order chi connectivity index (χ1) is 16.0. The molecule has 2 heterocycles. The van der Waals surface area contributed by atoms with Crippen molar-refractivity contribution in [2.45, 2.75) is 32.9 Å². The number of para-hydroxylation sites is 1. The smallest absolute Gasteiger partial charge is 0.349 e. The third-order valence-corrected chi connectivity index (χ3v) is 6.52.